The molecule has 1 aromatic heterocycles. The smallest absolute Gasteiger partial charge is 0.268 e. The molecule has 0 aliphatic heterocycles. The number of hydrogen-bond donors (Lipinski definition) is 2. The van der Waals surface area contributed by atoms with Crippen molar-refractivity contribution < 1.29 is 28.2 Å². The minimum Gasteiger partial charge on any atom is -0.497 e. The van der Waals surface area contributed by atoms with Gasteiger partial charge in [0.15, 0.2) is 11.5 Å². The lowest BCUT2D eigenvalue weighted by Gasteiger charge is -2.27. The van der Waals surface area contributed by atoms with E-state index in [1.807, 2.05) is 18.2 Å². The number of fused-ring (bicyclic) bond motifs is 1. The molecule has 2 N–H and O–H groups in total. The Bertz CT molecular complexity index is 1230. The highest BCUT2D eigenvalue weighted by Crippen LogP contribution is 2.32. The van der Waals surface area contributed by atoms with Crippen LogP contribution in [0.3, 0.4) is 0 Å². The maximum Gasteiger partial charge on any atom is 0.268 e. The number of ether oxygens (including phenoxy) is 3. The fourth-order valence-electron chi connectivity index (χ4n) is 4.15. The Balaban J connectivity index is 1.57. The first kappa shape index (κ1) is 23.9. The largest absolute Gasteiger partial charge is 0.497 e. The Morgan fingerprint density at radius 3 is 2.54 bits per heavy atom. The quantitative estimate of drug-likeness (QED) is 0.471. The van der Waals surface area contributed by atoms with Crippen LogP contribution in [-0.4, -0.2) is 33.1 Å². The van der Waals surface area contributed by atoms with Gasteiger partial charge in [-0.05, 0) is 72.9 Å². The molecule has 1 atom stereocenters. The van der Waals surface area contributed by atoms with Gasteiger partial charge < -0.3 is 29.3 Å². The van der Waals surface area contributed by atoms with Crippen LogP contribution in [-0.2, 0) is 11.2 Å². The second-order valence-electron chi connectivity index (χ2n) is 8.08. The Kier molecular flexibility index (Phi) is 7.40. The van der Waals surface area contributed by atoms with Crippen molar-refractivity contribution in [3.05, 3.63) is 82.9 Å². The van der Waals surface area contributed by atoms with E-state index in [0.717, 1.165) is 36.1 Å². The van der Waals surface area contributed by atoms with Crippen LogP contribution >= 0.6 is 0 Å². The molecular formula is C27H28N2O6. The molecule has 35 heavy (non-hydrogen) atoms. The Labute approximate surface area is 203 Å². The molecule has 0 spiro atoms. The first-order chi connectivity index (χ1) is 17.0. The average Bonchev–Trinajstić information content (AvgIpc) is 3.40. The number of hydrogen-bond acceptors (Lipinski definition) is 6. The molecule has 0 radical (unpaired) electrons. The SMILES string of the molecule is COc1ccc2c(c1)CCC[C@@H]2NC(=O)/C(=C/c1ccco1)NC(=O)c1ccc(OC)c(OC)c1. The van der Waals surface area contributed by atoms with Crippen molar-refractivity contribution in [3.8, 4) is 17.2 Å². The second-order valence-corrected chi connectivity index (χ2v) is 8.08. The van der Waals surface area contributed by atoms with Gasteiger partial charge in [0.25, 0.3) is 11.8 Å². The molecule has 2 aromatic carbocycles. The van der Waals surface area contributed by atoms with Gasteiger partial charge in [0.1, 0.15) is 17.2 Å². The van der Waals surface area contributed by atoms with Crippen molar-refractivity contribution in [1.29, 1.82) is 0 Å². The predicted molar refractivity (Wildman–Crippen MR) is 131 cm³/mol. The highest BCUT2D eigenvalue weighted by atomic mass is 16.5. The Morgan fingerprint density at radius 1 is 1.00 bits per heavy atom. The molecular weight excluding hydrogens is 448 g/mol. The molecule has 0 saturated carbocycles. The summed E-state index contributed by atoms with van der Waals surface area (Å²) in [5.74, 6) is 1.26. The third-order valence-electron chi connectivity index (χ3n) is 5.94. The van der Waals surface area contributed by atoms with Crippen LogP contribution in [0.25, 0.3) is 6.08 Å². The van der Waals surface area contributed by atoms with E-state index in [0.29, 0.717) is 22.8 Å². The topological polar surface area (TPSA) is 99.0 Å². The van der Waals surface area contributed by atoms with E-state index < -0.39 is 11.8 Å². The summed E-state index contributed by atoms with van der Waals surface area (Å²) in [5, 5.41) is 5.80. The molecule has 0 saturated heterocycles. The number of furan rings is 1. The van der Waals surface area contributed by atoms with Gasteiger partial charge in [-0.25, -0.2) is 0 Å². The summed E-state index contributed by atoms with van der Waals surface area (Å²) in [7, 11) is 4.65. The average molecular weight is 477 g/mol. The lowest BCUT2D eigenvalue weighted by molar-refractivity contribution is -0.118. The van der Waals surface area contributed by atoms with Crippen LogP contribution in [0.15, 0.2) is 64.9 Å². The molecule has 4 rings (SSSR count). The minimum absolute atomic E-state index is 0.0698. The van der Waals surface area contributed by atoms with Gasteiger partial charge >= 0.3 is 0 Å². The molecule has 0 unspecified atom stereocenters. The fourth-order valence-corrected chi connectivity index (χ4v) is 4.15. The van der Waals surface area contributed by atoms with Crippen LogP contribution in [0, 0.1) is 0 Å². The van der Waals surface area contributed by atoms with Crippen LogP contribution in [0.2, 0.25) is 0 Å². The Morgan fingerprint density at radius 2 is 1.83 bits per heavy atom. The number of carbonyl (C=O) groups is 2. The first-order valence-corrected chi connectivity index (χ1v) is 11.3. The summed E-state index contributed by atoms with van der Waals surface area (Å²) < 4.78 is 21.2. The summed E-state index contributed by atoms with van der Waals surface area (Å²) in [6.45, 7) is 0. The molecule has 182 valence electrons. The minimum atomic E-state index is -0.465. The lowest BCUT2D eigenvalue weighted by atomic mass is 9.87. The monoisotopic (exact) mass is 476 g/mol. The number of aryl methyl sites for hydroxylation is 1. The maximum absolute atomic E-state index is 13.4. The number of benzene rings is 2. The van der Waals surface area contributed by atoms with E-state index >= 15 is 0 Å². The number of nitrogens with one attached hydrogen (secondary N) is 2. The predicted octanol–water partition coefficient (Wildman–Crippen LogP) is 4.27. The van der Waals surface area contributed by atoms with Crippen LogP contribution in [0.4, 0.5) is 0 Å². The lowest BCUT2D eigenvalue weighted by Crippen LogP contribution is -2.37. The zero-order valence-corrected chi connectivity index (χ0v) is 19.9. The van der Waals surface area contributed by atoms with Gasteiger partial charge in [0.2, 0.25) is 0 Å². The molecule has 0 fully saturated rings. The van der Waals surface area contributed by atoms with E-state index in [2.05, 4.69) is 10.6 Å². The van der Waals surface area contributed by atoms with Gasteiger partial charge in [-0.15, -0.1) is 0 Å². The van der Waals surface area contributed by atoms with Crippen molar-refractivity contribution in [2.45, 2.75) is 25.3 Å². The molecule has 1 aliphatic carbocycles. The second kappa shape index (κ2) is 10.8. The van der Waals surface area contributed by atoms with Crippen LogP contribution < -0.4 is 24.8 Å². The third kappa shape index (κ3) is 5.48. The Hall–Kier alpha value is -4.20. The maximum atomic E-state index is 13.4. The standard InChI is InChI=1S/C27H28N2O6/c1-32-19-10-11-21-17(14-19)6-4-8-22(21)28-27(31)23(16-20-7-5-13-35-20)29-26(30)18-9-12-24(33-2)25(15-18)34-3/h5,7,9-16,22H,4,6,8H2,1-3H3,(H,28,31)(H,29,30)/b23-16-/t22-/m0/s1. The summed E-state index contributed by atoms with van der Waals surface area (Å²) >= 11 is 0. The van der Waals surface area contributed by atoms with Crippen LogP contribution in [0.5, 0.6) is 17.2 Å². The zero-order valence-electron chi connectivity index (χ0n) is 19.9. The van der Waals surface area contributed by atoms with E-state index in [-0.39, 0.29) is 11.7 Å². The first-order valence-electron chi connectivity index (χ1n) is 11.3. The molecule has 0 bridgehead atoms. The summed E-state index contributed by atoms with van der Waals surface area (Å²) in [5.41, 5.74) is 2.58. The van der Waals surface area contributed by atoms with Gasteiger partial charge in [-0.2, -0.15) is 0 Å². The molecule has 1 heterocycles. The molecule has 1 aliphatic rings. The van der Waals surface area contributed by atoms with Gasteiger partial charge in [0.05, 0.1) is 33.6 Å². The molecule has 2 amide bonds. The molecule has 8 heteroatoms. The summed E-state index contributed by atoms with van der Waals surface area (Å²) in [6.07, 6.45) is 5.65. The van der Waals surface area contributed by atoms with Crippen molar-refractivity contribution in [1.82, 2.24) is 10.6 Å². The van der Waals surface area contributed by atoms with Crippen molar-refractivity contribution >= 4 is 17.9 Å². The highest BCUT2D eigenvalue weighted by Gasteiger charge is 2.25. The number of amides is 2. The van der Waals surface area contributed by atoms with E-state index in [1.165, 1.54) is 26.6 Å². The number of carbonyl (C=O) groups excluding carboxylic acids is 2. The van der Waals surface area contributed by atoms with E-state index in [1.54, 1.807) is 37.4 Å². The number of rotatable bonds is 8. The van der Waals surface area contributed by atoms with E-state index in [4.69, 9.17) is 18.6 Å². The van der Waals surface area contributed by atoms with Crippen molar-refractivity contribution in [2.75, 3.05) is 21.3 Å². The zero-order chi connectivity index (χ0) is 24.8. The highest BCUT2D eigenvalue weighted by molar-refractivity contribution is 6.05. The molecule has 8 nitrogen and oxygen atoms in total. The third-order valence-corrected chi connectivity index (χ3v) is 5.94. The summed E-state index contributed by atoms with van der Waals surface area (Å²) in [4.78, 5) is 26.4. The van der Waals surface area contributed by atoms with Crippen LogP contribution in [0.1, 0.15) is 46.1 Å². The molecule has 3 aromatic rings. The van der Waals surface area contributed by atoms with Crippen molar-refractivity contribution in [2.24, 2.45) is 0 Å². The van der Waals surface area contributed by atoms with Gasteiger partial charge in [-0.1, -0.05) is 6.07 Å². The van der Waals surface area contributed by atoms with E-state index in [9.17, 15) is 9.59 Å². The number of methoxy groups -OCH3 is 3. The fraction of sp³-hybridized carbons (Fsp3) is 0.259. The summed E-state index contributed by atoms with van der Waals surface area (Å²) in [6, 6.07) is 13.9. The van der Waals surface area contributed by atoms with Gasteiger partial charge in [-0.3, -0.25) is 9.59 Å². The van der Waals surface area contributed by atoms with Gasteiger partial charge in [0, 0.05) is 11.6 Å². The normalized spacial score (nSPS) is 15.1. The van der Waals surface area contributed by atoms with Crippen molar-refractivity contribution in [3.63, 3.8) is 0 Å².